The fourth-order valence-corrected chi connectivity index (χ4v) is 4.57. The van der Waals surface area contributed by atoms with Gasteiger partial charge in [0.2, 0.25) is 0 Å². The number of thiophene rings is 1. The molecular formula is C14H15N3OS2. The third-order valence-electron chi connectivity index (χ3n) is 3.90. The van der Waals surface area contributed by atoms with Gasteiger partial charge in [0.15, 0.2) is 4.96 Å². The largest absolute Gasteiger partial charge is 0.349 e. The zero-order valence-corrected chi connectivity index (χ0v) is 12.6. The maximum atomic E-state index is 12.3. The van der Waals surface area contributed by atoms with Crippen LogP contribution in [-0.4, -0.2) is 21.3 Å². The molecule has 20 heavy (non-hydrogen) atoms. The average Bonchev–Trinajstić information content (AvgIpc) is 3.10. The first-order chi connectivity index (χ1) is 9.81. The molecule has 3 aromatic rings. The fraction of sp³-hybridized carbons (Fsp3) is 0.429. The van der Waals surface area contributed by atoms with Crippen molar-refractivity contribution in [2.45, 2.75) is 38.1 Å². The Morgan fingerprint density at radius 3 is 3.05 bits per heavy atom. The van der Waals surface area contributed by atoms with E-state index < -0.39 is 0 Å². The summed E-state index contributed by atoms with van der Waals surface area (Å²) in [5.41, 5.74) is 1.04. The number of carbonyl (C=O) groups is 1. The standard InChI is InChI=1S/C14H15N3OS2/c18-12(15-9-4-2-1-3-5-9)11-8-10-13(20-11)16-14-17(10)6-7-19-14/h6-9H,1-5H2,(H,15,18). The smallest absolute Gasteiger partial charge is 0.261 e. The van der Waals surface area contributed by atoms with Gasteiger partial charge in [-0.05, 0) is 18.9 Å². The van der Waals surface area contributed by atoms with Crippen molar-refractivity contribution in [2.24, 2.45) is 0 Å². The van der Waals surface area contributed by atoms with E-state index in [-0.39, 0.29) is 5.91 Å². The molecule has 4 rings (SSSR count). The van der Waals surface area contributed by atoms with E-state index in [1.165, 1.54) is 30.6 Å². The van der Waals surface area contributed by atoms with Crippen LogP contribution in [0, 0.1) is 0 Å². The molecule has 1 aliphatic carbocycles. The van der Waals surface area contributed by atoms with Gasteiger partial charge in [0.1, 0.15) is 4.83 Å². The predicted molar refractivity (Wildman–Crippen MR) is 82.8 cm³/mol. The number of hydrogen-bond donors (Lipinski definition) is 1. The Bertz CT molecular complexity index is 764. The Balaban J connectivity index is 1.60. The Morgan fingerprint density at radius 2 is 2.20 bits per heavy atom. The van der Waals surface area contributed by atoms with Crippen LogP contribution in [0.3, 0.4) is 0 Å². The summed E-state index contributed by atoms with van der Waals surface area (Å²) in [5, 5.41) is 5.18. The van der Waals surface area contributed by atoms with Gasteiger partial charge in [-0.3, -0.25) is 9.20 Å². The van der Waals surface area contributed by atoms with Crippen molar-refractivity contribution >= 4 is 43.9 Å². The van der Waals surface area contributed by atoms with Crippen molar-refractivity contribution < 1.29 is 4.79 Å². The number of hydrogen-bond acceptors (Lipinski definition) is 4. The summed E-state index contributed by atoms with van der Waals surface area (Å²) in [6, 6.07) is 2.32. The molecule has 0 unspecified atom stereocenters. The second-order valence-electron chi connectivity index (χ2n) is 5.28. The molecule has 4 nitrogen and oxygen atoms in total. The van der Waals surface area contributed by atoms with Crippen LogP contribution in [0.5, 0.6) is 0 Å². The van der Waals surface area contributed by atoms with Gasteiger partial charge < -0.3 is 5.32 Å². The number of imidazole rings is 1. The zero-order chi connectivity index (χ0) is 13.5. The third kappa shape index (κ3) is 2.03. The van der Waals surface area contributed by atoms with Crippen LogP contribution in [0.15, 0.2) is 17.6 Å². The Hall–Kier alpha value is -1.40. The minimum atomic E-state index is 0.0591. The molecule has 0 aromatic carbocycles. The van der Waals surface area contributed by atoms with Gasteiger partial charge in [-0.25, -0.2) is 4.98 Å². The summed E-state index contributed by atoms with van der Waals surface area (Å²) in [7, 11) is 0. The highest BCUT2D eigenvalue weighted by molar-refractivity contribution is 7.21. The Morgan fingerprint density at radius 1 is 1.35 bits per heavy atom. The lowest BCUT2D eigenvalue weighted by atomic mass is 9.95. The molecule has 1 aliphatic rings. The summed E-state index contributed by atoms with van der Waals surface area (Å²) < 4.78 is 2.05. The van der Waals surface area contributed by atoms with Crippen LogP contribution < -0.4 is 5.32 Å². The second-order valence-corrected chi connectivity index (χ2v) is 7.18. The third-order valence-corrected chi connectivity index (χ3v) is 5.68. The number of carbonyl (C=O) groups excluding carboxylic acids is 1. The van der Waals surface area contributed by atoms with E-state index in [9.17, 15) is 4.79 Å². The minimum absolute atomic E-state index is 0.0591. The second kappa shape index (κ2) is 4.86. The summed E-state index contributed by atoms with van der Waals surface area (Å²) in [6.45, 7) is 0. The average molecular weight is 305 g/mol. The molecule has 1 amide bonds. The maximum absolute atomic E-state index is 12.3. The van der Waals surface area contributed by atoms with Gasteiger partial charge in [-0.15, -0.1) is 22.7 Å². The van der Waals surface area contributed by atoms with Crippen molar-refractivity contribution in [1.82, 2.24) is 14.7 Å². The molecule has 0 aliphatic heterocycles. The van der Waals surface area contributed by atoms with Crippen molar-refractivity contribution in [3.8, 4) is 0 Å². The monoisotopic (exact) mass is 305 g/mol. The van der Waals surface area contributed by atoms with Crippen LogP contribution >= 0.6 is 22.7 Å². The number of rotatable bonds is 2. The van der Waals surface area contributed by atoms with Crippen molar-refractivity contribution in [3.05, 3.63) is 22.5 Å². The van der Waals surface area contributed by atoms with Gasteiger partial charge in [-0.1, -0.05) is 19.3 Å². The van der Waals surface area contributed by atoms with Gasteiger partial charge in [0.05, 0.1) is 10.4 Å². The van der Waals surface area contributed by atoms with E-state index in [0.29, 0.717) is 6.04 Å². The topological polar surface area (TPSA) is 46.4 Å². The first-order valence-electron chi connectivity index (χ1n) is 6.97. The SMILES string of the molecule is O=C(NC1CCCCC1)c1cc2c(nc3sccn32)s1. The zero-order valence-electron chi connectivity index (χ0n) is 11.0. The first kappa shape index (κ1) is 12.3. The van der Waals surface area contributed by atoms with Gasteiger partial charge in [0.25, 0.3) is 5.91 Å². The first-order valence-corrected chi connectivity index (χ1v) is 8.67. The molecule has 6 heteroatoms. The Kier molecular flexibility index (Phi) is 3.00. The minimum Gasteiger partial charge on any atom is -0.349 e. The van der Waals surface area contributed by atoms with Gasteiger partial charge >= 0.3 is 0 Å². The number of aromatic nitrogens is 2. The van der Waals surface area contributed by atoms with Crippen LogP contribution in [-0.2, 0) is 0 Å². The summed E-state index contributed by atoms with van der Waals surface area (Å²) >= 11 is 3.11. The van der Waals surface area contributed by atoms with E-state index in [1.54, 1.807) is 11.3 Å². The normalized spacial score (nSPS) is 17.0. The molecule has 3 heterocycles. The van der Waals surface area contributed by atoms with E-state index in [0.717, 1.165) is 33.0 Å². The van der Waals surface area contributed by atoms with Crippen molar-refractivity contribution in [2.75, 3.05) is 0 Å². The number of thiazole rings is 1. The highest BCUT2D eigenvalue weighted by Gasteiger charge is 2.19. The van der Waals surface area contributed by atoms with Crippen LogP contribution in [0.25, 0.3) is 15.3 Å². The Labute approximate surface area is 124 Å². The van der Waals surface area contributed by atoms with Gasteiger partial charge in [0, 0.05) is 17.6 Å². The molecule has 0 saturated heterocycles. The lowest BCUT2D eigenvalue weighted by Crippen LogP contribution is -2.35. The summed E-state index contributed by atoms with van der Waals surface area (Å²) in [6.07, 6.45) is 8.00. The van der Waals surface area contributed by atoms with Crippen LogP contribution in [0.1, 0.15) is 41.8 Å². The number of nitrogens with one attached hydrogen (secondary N) is 1. The van der Waals surface area contributed by atoms with Crippen molar-refractivity contribution in [1.29, 1.82) is 0 Å². The number of amides is 1. The molecule has 1 N–H and O–H groups in total. The summed E-state index contributed by atoms with van der Waals surface area (Å²) in [4.78, 5) is 19.6. The number of fused-ring (bicyclic) bond motifs is 3. The van der Waals surface area contributed by atoms with E-state index in [1.807, 2.05) is 22.0 Å². The highest BCUT2D eigenvalue weighted by atomic mass is 32.1. The van der Waals surface area contributed by atoms with Crippen LogP contribution in [0.4, 0.5) is 0 Å². The van der Waals surface area contributed by atoms with Crippen LogP contribution in [0.2, 0.25) is 0 Å². The maximum Gasteiger partial charge on any atom is 0.261 e. The molecule has 104 valence electrons. The van der Waals surface area contributed by atoms with Gasteiger partial charge in [-0.2, -0.15) is 0 Å². The molecule has 1 saturated carbocycles. The molecule has 0 radical (unpaired) electrons. The highest BCUT2D eigenvalue weighted by Crippen LogP contribution is 2.28. The fourth-order valence-electron chi connectivity index (χ4n) is 2.86. The quantitative estimate of drug-likeness (QED) is 0.785. The van der Waals surface area contributed by atoms with E-state index >= 15 is 0 Å². The lowest BCUT2D eigenvalue weighted by molar-refractivity contribution is 0.0932. The molecular weight excluding hydrogens is 290 g/mol. The molecule has 0 bridgehead atoms. The van der Waals surface area contributed by atoms with Crippen molar-refractivity contribution in [3.63, 3.8) is 0 Å². The number of nitrogens with zero attached hydrogens (tertiary/aromatic N) is 2. The molecule has 1 fully saturated rings. The predicted octanol–water partition coefficient (Wildman–Crippen LogP) is 3.67. The molecule has 0 atom stereocenters. The summed E-state index contributed by atoms with van der Waals surface area (Å²) in [5.74, 6) is 0.0591. The van der Waals surface area contributed by atoms with E-state index in [4.69, 9.17) is 0 Å². The molecule has 3 aromatic heterocycles. The molecule has 0 spiro atoms. The lowest BCUT2D eigenvalue weighted by Gasteiger charge is -2.22. The van der Waals surface area contributed by atoms with E-state index in [2.05, 4.69) is 10.3 Å².